The Morgan fingerprint density at radius 1 is 0.323 bits per heavy atom. The number of carbonyl (C=O) groups is 3. The van der Waals surface area contributed by atoms with Crippen molar-refractivity contribution in [3.63, 3.8) is 0 Å². The molecule has 0 aromatic rings. The van der Waals surface area contributed by atoms with E-state index in [2.05, 4.69) is 160 Å². The molecule has 93 heavy (non-hydrogen) atoms. The van der Waals surface area contributed by atoms with E-state index in [1.807, 2.05) is 21.1 Å². The highest BCUT2D eigenvalue weighted by atomic mass is 16.7. The van der Waals surface area contributed by atoms with Crippen molar-refractivity contribution in [2.24, 2.45) is 0 Å². The molecule has 0 saturated carbocycles. The molecule has 530 valence electrons. The van der Waals surface area contributed by atoms with Crippen LogP contribution in [-0.4, -0.2) is 82.3 Å². The minimum absolute atomic E-state index is 0.133. The summed E-state index contributed by atoms with van der Waals surface area (Å²) >= 11 is 0. The first-order valence-electron chi connectivity index (χ1n) is 38.0. The van der Waals surface area contributed by atoms with Gasteiger partial charge in [0.2, 0.25) is 0 Å². The van der Waals surface area contributed by atoms with Gasteiger partial charge in [0, 0.05) is 12.8 Å². The number of esters is 2. The summed E-state index contributed by atoms with van der Waals surface area (Å²) in [5.74, 6) is -2.34. The van der Waals surface area contributed by atoms with E-state index in [9.17, 15) is 19.5 Å². The van der Waals surface area contributed by atoms with Crippen molar-refractivity contribution >= 4 is 17.9 Å². The van der Waals surface area contributed by atoms with Crippen molar-refractivity contribution in [1.82, 2.24) is 0 Å². The maximum atomic E-state index is 12.9. The molecule has 0 spiro atoms. The first-order valence-corrected chi connectivity index (χ1v) is 38.0. The van der Waals surface area contributed by atoms with Crippen molar-refractivity contribution in [2.75, 3.05) is 47.5 Å². The highest BCUT2D eigenvalue weighted by Gasteiger charge is 2.22. The molecular weight excluding hydrogens is 1150 g/mol. The average molecular weight is 1290 g/mol. The molecular formula is C84H141NO8. The first-order chi connectivity index (χ1) is 45.6. The summed E-state index contributed by atoms with van der Waals surface area (Å²) in [4.78, 5) is 37.5. The highest BCUT2D eigenvalue weighted by Crippen LogP contribution is 2.18. The Labute approximate surface area is 572 Å². The van der Waals surface area contributed by atoms with E-state index in [0.717, 1.165) is 109 Å². The predicted octanol–water partition coefficient (Wildman–Crippen LogP) is 22.9. The van der Waals surface area contributed by atoms with E-state index < -0.39 is 24.3 Å². The fourth-order valence-electron chi connectivity index (χ4n) is 10.4. The molecule has 9 nitrogen and oxygen atoms in total. The number of carbonyl (C=O) groups excluding carboxylic acids is 3. The minimum Gasteiger partial charge on any atom is -0.545 e. The zero-order chi connectivity index (χ0) is 67.5. The number of ether oxygens (including phenoxy) is 4. The molecule has 2 unspecified atom stereocenters. The summed E-state index contributed by atoms with van der Waals surface area (Å²) in [5, 5.41) is 11.8. The first kappa shape index (κ1) is 88.2. The van der Waals surface area contributed by atoms with Crippen LogP contribution in [0.2, 0.25) is 0 Å². The van der Waals surface area contributed by atoms with Gasteiger partial charge in [-0.3, -0.25) is 9.59 Å². The quantitative estimate of drug-likeness (QED) is 0.0195. The summed E-state index contributed by atoms with van der Waals surface area (Å²) < 4.78 is 22.8. The smallest absolute Gasteiger partial charge is 0.306 e. The van der Waals surface area contributed by atoms with E-state index in [1.165, 1.54) is 167 Å². The number of rotatable bonds is 69. The second-order valence-corrected chi connectivity index (χ2v) is 26.2. The number of hydrogen-bond donors (Lipinski definition) is 0. The van der Waals surface area contributed by atoms with Gasteiger partial charge in [-0.25, -0.2) is 0 Å². The monoisotopic (exact) mass is 1290 g/mol. The molecule has 0 amide bonds. The second kappa shape index (κ2) is 73.0. The number of hydrogen-bond acceptors (Lipinski definition) is 8. The van der Waals surface area contributed by atoms with E-state index >= 15 is 0 Å². The zero-order valence-electron chi connectivity index (χ0n) is 60.6. The summed E-state index contributed by atoms with van der Waals surface area (Å²) in [7, 11) is 5.91. The van der Waals surface area contributed by atoms with Crippen molar-refractivity contribution in [1.29, 1.82) is 0 Å². The van der Waals surface area contributed by atoms with Crippen LogP contribution in [0.3, 0.4) is 0 Å². The number of carboxylic acid groups (broad SMARTS) is 1. The number of likely N-dealkylation sites (N-methyl/N-ethyl adjacent to an activating group) is 1. The molecule has 0 aromatic carbocycles. The SMILES string of the molecule is CC/C=C\C/C=C\C/C=C\C/C=C\C/C=C\C/C=C\C/C=C\C/C=C\CCCCC(=O)OC(COC(=O)CCCCCCCCCCCCCCCCCCCCCCCCCCCCCC/C=C\C/C=C\C/C=C\C/C=C\CC)COC(OCC[N+](C)(C)C)C(=O)[O-]. The third-order valence-electron chi connectivity index (χ3n) is 16.1. The van der Waals surface area contributed by atoms with E-state index in [4.69, 9.17) is 18.9 Å². The molecule has 0 rings (SSSR count). The van der Waals surface area contributed by atoms with Crippen LogP contribution in [0.15, 0.2) is 146 Å². The summed E-state index contributed by atoms with van der Waals surface area (Å²) in [6, 6.07) is 0. The third kappa shape index (κ3) is 74.4. The molecule has 9 heteroatoms. The summed E-state index contributed by atoms with van der Waals surface area (Å²) in [6.07, 6.45) is 104. The molecule has 0 saturated heterocycles. The maximum Gasteiger partial charge on any atom is 0.306 e. The molecule has 0 aliphatic rings. The van der Waals surface area contributed by atoms with Gasteiger partial charge in [-0.15, -0.1) is 0 Å². The van der Waals surface area contributed by atoms with E-state index in [0.29, 0.717) is 17.4 Å². The Balaban J connectivity index is 4.06. The van der Waals surface area contributed by atoms with Crippen LogP contribution in [0.25, 0.3) is 0 Å². The Bertz CT molecular complexity index is 2040. The van der Waals surface area contributed by atoms with Crippen LogP contribution in [0.5, 0.6) is 0 Å². The van der Waals surface area contributed by atoms with Gasteiger partial charge in [0.1, 0.15) is 13.2 Å². The Hall–Kier alpha value is -4.83. The topological polar surface area (TPSA) is 111 Å². The maximum absolute atomic E-state index is 12.9. The number of unbranched alkanes of at least 4 members (excludes halogenated alkanes) is 30. The number of nitrogens with zero attached hydrogens (tertiary/aromatic N) is 1. The fraction of sp³-hybridized carbons (Fsp3) is 0.679. The molecule has 0 fully saturated rings. The van der Waals surface area contributed by atoms with E-state index in [-0.39, 0.29) is 38.6 Å². The van der Waals surface area contributed by atoms with Gasteiger partial charge in [0.05, 0.1) is 40.3 Å². The van der Waals surface area contributed by atoms with Crippen molar-refractivity contribution in [3.8, 4) is 0 Å². The largest absolute Gasteiger partial charge is 0.545 e. The van der Waals surface area contributed by atoms with Crippen LogP contribution in [-0.2, 0) is 33.3 Å². The van der Waals surface area contributed by atoms with Gasteiger partial charge in [-0.05, 0) is 116 Å². The van der Waals surface area contributed by atoms with Crippen LogP contribution in [0.4, 0.5) is 0 Å². The normalized spacial score (nSPS) is 13.5. The van der Waals surface area contributed by atoms with Crippen LogP contribution < -0.4 is 5.11 Å². The molecule has 0 heterocycles. The molecule has 0 radical (unpaired) electrons. The van der Waals surface area contributed by atoms with Crippen molar-refractivity contribution < 1.29 is 42.9 Å². The molecule has 0 bridgehead atoms. The average Bonchev–Trinajstić information content (AvgIpc) is 3.38. The number of quaternary nitrogens is 1. The molecule has 0 aliphatic carbocycles. The van der Waals surface area contributed by atoms with Gasteiger partial charge in [-0.2, -0.15) is 0 Å². The number of allylic oxidation sites excluding steroid dienone is 24. The third-order valence-corrected chi connectivity index (χ3v) is 16.1. The zero-order valence-corrected chi connectivity index (χ0v) is 60.6. The molecule has 0 aliphatic heterocycles. The number of carboxylic acids is 1. The van der Waals surface area contributed by atoms with Crippen LogP contribution in [0.1, 0.15) is 309 Å². The minimum atomic E-state index is -1.64. The molecule has 0 aromatic heterocycles. The van der Waals surface area contributed by atoms with Gasteiger partial charge in [0.25, 0.3) is 0 Å². The van der Waals surface area contributed by atoms with Crippen LogP contribution >= 0.6 is 0 Å². The lowest BCUT2D eigenvalue weighted by Gasteiger charge is -2.26. The molecule has 2 atom stereocenters. The van der Waals surface area contributed by atoms with Gasteiger partial charge >= 0.3 is 11.9 Å². The lowest BCUT2D eigenvalue weighted by atomic mass is 10.0. The fourth-order valence-corrected chi connectivity index (χ4v) is 10.4. The summed E-state index contributed by atoms with van der Waals surface area (Å²) in [6.45, 7) is 4.48. The second-order valence-electron chi connectivity index (χ2n) is 26.2. The van der Waals surface area contributed by atoms with E-state index in [1.54, 1.807) is 0 Å². The van der Waals surface area contributed by atoms with Gasteiger partial charge in [-0.1, -0.05) is 327 Å². The Morgan fingerprint density at radius 3 is 0.882 bits per heavy atom. The van der Waals surface area contributed by atoms with Crippen LogP contribution in [0, 0.1) is 0 Å². The van der Waals surface area contributed by atoms with Gasteiger partial charge in [0.15, 0.2) is 12.4 Å². The van der Waals surface area contributed by atoms with Crippen molar-refractivity contribution in [2.45, 2.75) is 322 Å². The van der Waals surface area contributed by atoms with Crippen molar-refractivity contribution in [3.05, 3.63) is 146 Å². The number of aliphatic carboxylic acids is 1. The predicted molar refractivity (Wildman–Crippen MR) is 398 cm³/mol. The lowest BCUT2D eigenvalue weighted by molar-refractivity contribution is -0.870. The Morgan fingerprint density at radius 2 is 0.581 bits per heavy atom. The summed E-state index contributed by atoms with van der Waals surface area (Å²) in [5.41, 5.74) is 0. The molecule has 0 N–H and O–H groups in total. The van der Waals surface area contributed by atoms with Gasteiger partial charge < -0.3 is 33.3 Å². The lowest BCUT2D eigenvalue weighted by Crippen LogP contribution is -2.44. The standard InChI is InChI=1S/C84H141NO8/c1-6-8-10-12-14-16-18-20-22-24-26-28-30-32-34-35-36-37-38-39-40-41-42-43-44-45-46-47-49-50-52-54-56-58-60-62-64-66-68-70-72-74-81(86)91-78-80(79-92-84(83(88)89)90-77-76-85(3,4)5)93-82(87)75-73-71-69-67-65-63-61-59-57-55-53-51-48-33-31-29-27-25-23-21-19-17-15-13-11-9-7-2/h8-11,14-17,20-23,26-29,33,48,53,55,59,61,65,67,80,84H,6-7,12-13,18-19,24-25,30-32,34-47,49-52,54,56-58,60,62-64,66,68-79H2,1-5H3/b10-8-,11-9-,16-14-,17-15-,22-20-,23-21-,28-26-,29-27-,48-33-,55-53-,61-59-,67-65-. The highest BCUT2D eigenvalue weighted by molar-refractivity contribution is 5.70. The Kier molecular flexibility index (Phi) is 69.2.